The fraction of sp³-hybridized carbons (Fsp3) is 1.00. The molecule has 0 fully saturated rings. The van der Waals surface area contributed by atoms with Gasteiger partial charge in [-0.05, 0) is 6.26 Å². The normalized spacial score (nSPS) is 7.60. The lowest BCUT2D eigenvalue weighted by Gasteiger charge is -1.81. The summed E-state index contributed by atoms with van der Waals surface area (Å²) in [5.74, 6) is 0. The molecule has 0 aromatic heterocycles. The smallest absolute Gasteiger partial charge is 0.342 e. The highest BCUT2D eigenvalue weighted by atomic mass is 32.2. The van der Waals surface area contributed by atoms with Crippen molar-refractivity contribution >= 4 is 18.4 Å². The molecule has 0 rings (SSSR count). The van der Waals surface area contributed by atoms with Gasteiger partial charge in [0.2, 0.25) is 0 Å². The van der Waals surface area contributed by atoms with Crippen LogP contribution in [0.5, 0.6) is 0 Å². The molecule has 0 bridgehead atoms. The van der Waals surface area contributed by atoms with Gasteiger partial charge in [0.05, 0.1) is 0 Å². The Hall–Kier alpha value is 0.375. The van der Waals surface area contributed by atoms with E-state index in [0.717, 1.165) is 6.76 Å². The highest BCUT2D eigenvalue weighted by Gasteiger charge is 1.73. The van der Waals surface area contributed by atoms with Crippen LogP contribution in [0, 0.1) is 0 Å². The van der Waals surface area contributed by atoms with E-state index in [0.29, 0.717) is 0 Å². The fourth-order valence-corrected chi connectivity index (χ4v) is 0.354. The molecule has 0 atom stereocenters. The van der Waals surface area contributed by atoms with E-state index in [1.54, 1.807) is 18.7 Å². The van der Waals surface area contributed by atoms with Crippen LogP contribution in [0.15, 0.2) is 0 Å². The van der Waals surface area contributed by atoms with Crippen LogP contribution in [0.1, 0.15) is 0 Å². The summed E-state index contributed by atoms with van der Waals surface area (Å²) < 4.78 is 4.65. The minimum atomic E-state index is 0.806. The second kappa shape index (κ2) is 4.37. The summed E-state index contributed by atoms with van der Waals surface area (Å²) in [6.07, 6.45) is 2.00. The van der Waals surface area contributed by atoms with E-state index in [1.165, 1.54) is 0 Å². The first-order valence-electron chi connectivity index (χ1n) is 1.39. The van der Waals surface area contributed by atoms with E-state index >= 15 is 0 Å². The molecule has 0 saturated heterocycles. The molecule has 0 radical (unpaired) electrons. The lowest BCUT2D eigenvalue weighted by Crippen LogP contribution is -1.81. The van der Waals surface area contributed by atoms with E-state index in [9.17, 15) is 0 Å². The largest absolute Gasteiger partial charge is 0.431 e. The molecule has 0 heterocycles. The van der Waals surface area contributed by atoms with Gasteiger partial charge in [-0.25, -0.2) is 0 Å². The van der Waals surface area contributed by atoms with Crippen molar-refractivity contribution in [2.24, 2.45) is 0 Å². The second-order valence-corrected chi connectivity index (χ2v) is 1.51. The molecule has 0 saturated carbocycles. The molecular formula is C2H7BOS. The highest BCUT2D eigenvalue weighted by molar-refractivity contribution is 8.21. The van der Waals surface area contributed by atoms with Crippen LogP contribution < -0.4 is 0 Å². The molecule has 0 spiro atoms. The zero-order chi connectivity index (χ0) is 4.12. The van der Waals surface area contributed by atoms with Gasteiger partial charge in [0, 0.05) is 7.11 Å². The summed E-state index contributed by atoms with van der Waals surface area (Å²) >= 11 is 1.68. The zero-order valence-electron chi connectivity index (χ0n) is 3.52. The third-order valence-electron chi connectivity index (χ3n) is 0.236. The Labute approximate surface area is 37.3 Å². The van der Waals surface area contributed by atoms with Crippen LogP contribution in [-0.4, -0.2) is 20.1 Å². The molecule has 0 amide bonds. The molecule has 0 aliphatic carbocycles. The monoisotopic (exact) mass is 90.0 g/mol. The topological polar surface area (TPSA) is 9.23 Å². The first-order valence-corrected chi connectivity index (χ1v) is 2.79. The maximum Gasteiger partial charge on any atom is 0.342 e. The van der Waals surface area contributed by atoms with Crippen molar-refractivity contribution in [3.05, 3.63) is 0 Å². The summed E-state index contributed by atoms with van der Waals surface area (Å²) in [7, 11) is 1.69. The van der Waals surface area contributed by atoms with Gasteiger partial charge in [-0.2, -0.15) is 11.6 Å². The summed E-state index contributed by atoms with van der Waals surface area (Å²) in [5.41, 5.74) is 0. The molecule has 5 heavy (non-hydrogen) atoms. The first kappa shape index (κ1) is 5.37. The fourth-order valence-electron chi connectivity index (χ4n) is 0.118. The number of rotatable bonds is 2. The Kier molecular flexibility index (Phi) is 4.70. The van der Waals surface area contributed by atoms with E-state index < -0.39 is 0 Å². The van der Waals surface area contributed by atoms with E-state index in [4.69, 9.17) is 0 Å². The highest BCUT2D eigenvalue weighted by Crippen LogP contribution is 1.82. The van der Waals surface area contributed by atoms with E-state index in [-0.39, 0.29) is 0 Å². The molecule has 30 valence electrons. The summed E-state index contributed by atoms with van der Waals surface area (Å²) in [6.45, 7) is 0.806. The van der Waals surface area contributed by atoms with Gasteiger partial charge < -0.3 is 4.65 Å². The van der Waals surface area contributed by atoms with Gasteiger partial charge in [-0.1, -0.05) is 0 Å². The third kappa shape index (κ3) is 4.37. The maximum absolute atomic E-state index is 4.65. The molecule has 0 N–H and O–H groups in total. The van der Waals surface area contributed by atoms with Crippen molar-refractivity contribution < 1.29 is 4.65 Å². The molecule has 1 nitrogen and oxygen atoms in total. The van der Waals surface area contributed by atoms with Crippen molar-refractivity contribution in [3.63, 3.8) is 0 Å². The molecule has 0 aliphatic heterocycles. The summed E-state index contributed by atoms with van der Waals surface area (Å²) in [5, 5.41) is 0. The Morgan fingerprint density at radius 1 is 1.80 bits per heavy atom. The van der Waals surface area contributed by atoms with Crippen LogP contribution in [0.25, 0.3) is 0 Å². The summed E-state index contributed by atoms with van der Waals surface area (Å²) in [6, 6.07) is 0. The Balaban J connectivity index is 2.19. The van der Waals surface area contributed by atoms with Gasteiger partial charge in [-0.3, -0.25) is 0 Å². The van der Waals surface area contributed by atoms with Crippen molar-refractivity contribution in [1.29, 1.82) is 0 Å². The Morgan fingerprint density at radius 3 is 2.40 bits per heavy atom. The average Bonchev–Trinajstić information content (AvgIpc) is 1.41. The number of hydrogen-bond acceptors (Lipinski definition) is 2. The van der Waals surface area contributed by atoms with Crippen LogP contribution in [0.4, 0.5) is 0 Å². The SMILES string of the molecule is COBSC. The second-order valence-electron chi connectivity index (χ2n) is 0.695. The van der Waals surface area contributed by atoms with Crippen LogP contribution in [-0.2, 0) is 4.65 Å². The van der Waals surface area contributed by atoms with Crippen LogP contribution >= 0.6 is 11.6 Å². The molecule has 0 aliphatic rings. The van der Waals surface area contributed by atoms with Gasteiger partial charge in [0.1, 0.15) is 0 Å². The van der Waals surface area contributed by atoms with Crippen molar-refractivity contribution in [2.75, 3.05) is 13.4 Å². The molecular weight excluding hydrogens is 82.9 g/mol. The predicted octanol–water partition coefficient (Wildman–Crippen LogP) is 0.262. The van der Waals surface area contributed by atoms with Gasteiger partial charge in [0.25, 0.3) is 0 Å². The van der Waals surface area contributed by atoms with Crippen LogP contribution in [0.2, 0.25) is 0 Å². The van der Waals surface area contributed by atoms with Crippen molar-refractivity contribution in [1.82, 2.24) is 0 Å². The van der Waals surface area contributed by atoms with Crippen molar-refractivity contribution in [3.8, 4) is 0 Å². The van der Waals surface area contributed by atoms with Gasteiger partial charge in [0.15, 0.2) is 0 Å². The zero-order valence-corrected chi connectivity index (χ0v) is 4.34. The Bertz CT molecular complexity index is 17.1. The first-order chi connectivity index (χ1) is 2.41. The van der Waals surface area contributed by atoms with Crippen LogP contribution in [0.3, 0.4) is 0 Å². The van der Waals surface area contributed by atoms with E-state index in [2.05, 4.69) is 4.65 Å². The molecule has 0 aromatic carbocycles. The Morgan fingerprint density at radius 2 is 2.40 bits per heavy atom. The molecule has 0 unspecified atom stereocenters. The van der Waals surface area contributed by atoms with Crippen molar-refractivity contribution in [2.45, 2.75) is 0 Å². The minimum absolute atomic E-state index is 0.806. The summed E-state index contributed by atoms with van der Waals surface area (Å²) in [4.78, 5) is 0. The third-order valence-corrected chi connectivity index (χ3v) is 0.707. The molecule has 3 heteroatoms. The average molecular weight is 90.0 g/mol. The number of hydrogen-bond donors (Lipinski definition) is 0. The van der Waals surface area contributed by atoms with E-state index in [1.807, 2.05) is 6.26 Å². The standard InChI is InChI=1S/C2H7BOS/c1-4-3-5-2/h3H,1-2H3. The minimum Gasteiger partial charge on any atom is -0.431 e. The quantitative estimate of drug-likeness (QED) is 0.450. The lowest BCUT2D eigenvalue weighted by atomic mass is 10.6. The lowest BCUT2D eigenvalue weighted by molar-refractivity contribution is 0.456. The van der Waals surface area contributed by atoms with Gasteiger partial charge >= 0.3 is 6.76 Å². The predicted molar refractivity (Wildman–Crippen MR) is 27.7 cm³/mol. The maximum atomic E-state index is 4.65. The van der Waals surface area contributed by atoms with Gasteiger partial charge in [-0.15, -0.1) is 0 Å². The molecule has 0 aromatic rings.